The molecule has 0 bridgehead atoms. The Morgan fingerprint density at radius 1 is 1.16 bits per heavy atom. The minimum Gasteiger partial charge on any atom is -0.478 e. The smallest absolute Gasteiger partial charge is 0.263 e. The molecule has 0 saturated heterocycles. The molecule has 0 fully saturated rings. The van der Waals surface area contributed by atoms with Crippen molar-refractivity contribution in [2.45, 2.75) is 31.8 Å². The molecule has 1 amide bonds. The zero-order valence-electron chi connectivity index (χ0n) is 14.5. The van der Waals surface area contributed by atoms with Gasteiger partial charge in [0.2, 0.25) is 0 Å². The number of aliphatic hydroxyl groups excluding tert-OH is 1. The van der Waals surface area contributed by atoms with Crippen molar-refractivity contribution in [3.63, 3.8) is 0 Å². The number of nitrogens with one attached hydrogen (secondary N) is 1. The topological polar surface area (TPSA) is 58.6 Å². The summed E-state index contributed by atoms with van der Waals surface area (Å²) in [6.07, 6.45) is 0.559. The second kappa shape index (κ2) is 8.62. The number of hydrogen-bond donors (Lipinski definition) is 2. The van der Waals surface area contributed by atoms with Crippen molar-refractivity contribution in [2.24, 2.45) is 0 Å². The van der Waals surface area contributed by atoms with Crippen LogP contribution in [0.1, 0.15) is 31.7 Å². The number of ether oxygens (including phenoxy) is 1. The summed E-state index contributed by atoms with van der Waals surface area (Å²) in [6.45, 7) is 3.77. The van der Waals surface area contributed by atoms with Gasteiger partial charge in [0.05, 0.1) is 0 Å². The zero-order valence-corrected chi connectivity index (χ0v) is 14.5. The first-order chi connectivity index (χ1) is 11.9. The summed E-state index contributed by atoms with van der Waals surface area (Å²) < 4.78 is 18.7. The summed E-state index contributed by atoms with van der Waals surface area (Å²) in [5, 5.41) is 12.2. The Labute approximate surface area is 147 Å². The molecule has 2 aromatic carbocycles. The number of rotatable bonds is 8. The van der Waals surface area contributed by atoms with Gasteiger partial charge in [-0.3, -0.25) is 4.79 Å². The SMILES string of the molecule is CC(C)(Oc1ccc(F)cc1)C(=O)NCC(CCO)c1ccccc1. The third-order valence-corrected chi connectivity index (χ3v) is 3.99. The molecule has 2 rings (SSSR count). The Bertz CT molecular complexity index is 671. The summed E-state index contributed by atoms with van der Waals surface area (Å²) in [5.41, 5.74) is -0.0349. The van der Waals surface area contributed by atoms with Crippen LogP contribution in [-0.2, 0) is 4.79 Å². The van der Waals surface area contributed by atoms with E-state index in [2.05, 4.69) is 5.32 Å². The van der Waals surface area contributed by atoms with Gasteiger partial charge in [0.25, 0.3) is 5.91 Å². The summed E-state index contributed by atoms with van der Waals surface area (Å²) in [5.74, 6) is -0.173. The van der Waals surface area contributed by atoms with E-state index in [1.54, 1.807) is 13.8 Å². The average molecular weight is 345 g/mol. The molecular weight excluding hydrogens is 321 g/mol. The highest BCUT2D eigenvalue weighted by Crippen LogP contribution is 2.21. The lowest BCUT2D eigenvalue weighted by atomic mass is 9.95. The van der Waals surface area contributed by atoms with Crippen LogP contribution in [-0.4, -0.2) is 29.8 Å². The maximum Gasteiger partial charge on any atom is 0.263 e. The van der Waals surface area contributed by atoms with Gasteiger partial charge in [-0.25, -0.2) is 4.39 Å². The summed E-state index contributed by atoms with van der Waals surface area (Å²) in [4.78, 5) is 12.5. The molecule has 0 radical (unpaired) electrons. The van der Waals surface area contributed by atoms with Crippen molar-refractivity contribution >= 4 is 5.91 Å². The molecule has 2 N–H and O–H groups in total. The third-order valence-electron chi connectivity index (χ3n) is 3.99. The van der Waals surface area contributed by atoms with Gasteiger partial charge in [-0.05, 0) is 50.1 Å². The summed E-state index contributed by atoms with van der Waals surface area (Å²) in [7, 11) is 0. The molecule has 4 nitrogen and oxygen atoms in total. The first-order valence-corrected chi connectivity index (χ1v) is 8.31. The number of amides is 1. The highest BCUT2D eigenvalue weighted by Gasteiger charge is 2.30. The standard InChI is InChI=1S/C20H24FNO3/c1-20(2,25-18-10-8-17(21)9-11-18)19(24)22-14-16(12-13-23)15-6-4-3-5-7-15/h3-11,16,23H,12-14H2,1-2H3,(H,22,24). The lowest BCUT2D eigenvalue weighted by Crippen LogP contribution is -2.47. The number of halogens is 1. The molecule has 0 spiro atoms. The third kappa shape index (κ3) is 5.57. The van der Waals surface area contributed by atoms with E-state index in [9.17, 15) is 14.3 Å². The maximum absolute atomic E-state index is 13.0. The Kier molecular flexibility index (Phi) is 6.53. The fourth-order valence-corrected chi connectivity index (χ4v) is 2.54. The van der Waals surface area contributed by atoms with Crippen molar-refractivity contribution in [3.8, 4) is 5.75 Å². The molecule has 0 aliphatic carbocycles. The van der Waals surface area contributed by atoms with Gasteiger partial charge in [-0.1, -0.05) is 30.3 Å². The Balaban J connectivity index is 1.97. The highest BCUT2D eigenvalue weighted by molar-refractivity contribution is 5.84. The van der Waals surface area contributed by atoms with Gasteiger partial charge >= 0.3 is 0 Å². The van der Waals surface area contributed by atoms with Gasteiger partial charge in [0.1, 0.15) is 11.6 Å². The Morgan fingerprint density at radius 3 is 2.40 bits per heavy atom. The number of carbonyl (C=O) groups excluding carboxylic acids is 1. The second-order valence-electron chi connectivity index (χ2n) is 6.40. The zero-order chi connectivity index (χ0) is 18.3. The van der Waals surface area contributed by atoms with Crippen LogP contribution in [0.2, 0.25) is 0 Å². The normalized spacial score (nSPS) is 12.5. The lowest BCUT2D eigenvalue weighted by molar-refractivity contribution is -0.134. The summed E-state index contributed by atoms with van der Waals surface area (Å²) in [6, 6.07) is 15.3. The second-order valence-corrected chi connectivity index (χ2v) is 6.40. The number of benzene rings is 2. The van der Waals surface area contributed by atoms with Crippen molar-refractivity contribution in [3.05, 3.63) is 66.0 Å². The molecule has 0 heterocycles. The van der Waals surface area contributed by atoms with E-state index in [1.165, 1.54) is 24.3 Å². The van der Waals surface area contributed by atoms with E-state index < -0.39 is 5.60 Å². The van der Waals surface area contributed by atoms with Gasteiger partial charge in [-0.2, -0.15) is 0 Å². The predicted molar refractivity (Wildman–Crippen MR) is 95.0 cm³/mol. The van der Waals surface area contributed by atoms with E-state index in [-0.39, 0.29) is 24.2 Å². The fraction of sp³-hybridized carbons (Fsp3) is 0.350. The number of carbonyl (C=O) groups is 1. The first kappa shape index (κ1) is 18.9. The van der Waals surface area contributed by atoms with E-state index >= 15 is 0 Å². The van der Waals surface area contributed by atoms with Gasteiger partial charge in [0, 0.05) is 19.1 Å². The van der Waals surface area contributed by atoms with Crippen LogP contribution in [0.4, 0.5) is 4.39 Å². The van der Waals surface area contributed by atoms with Crippen molar-refractivity contribution in [1.82, 2.24) is 5.32 Å². The summed E-state index contributed by atoms with van der Waals surface area (Å²) >= 11 is 0. The van der Waals surface area contributed by atoms with Crippen LogP contribution in [0.3, 0.4) is 0 Å². The molecule has 1 atom stereocenters. The quantitative estimate of drug-likeness (QED) is 0.772. The average Bonchev–Trinajstić information content (AvgIpc) is 2.61. The van der Waals surface area contributed by atoms with Crippen molar-refractivity contribution in [2.75, 3.05) is 13.2 Å². The molecule has 2 aromatic rings. The van der Waals surface area contributed by atoms with E-state index in [1.807, 2.05) is 30.3 Å². The minimum atomic E-state index is -1.10. The predicted octanol–water partition coefficient (Wildman–Crippen LogP) is 3.27. The van der Waals surface area contributed by atoms with Gasteiger partial charge in [0.15, 0.2) is 5.60 Å². The highest BCUT2D eigenvalue weighted by atomic mass is 19.1. The van der Waals surface area contributed by atoms with Gasteiger partial charge < -0.3 is 15.2 Å². The molecular formula is C20H24FNO3. The van der Waals surface area contributed by atoms with Gasteiger partial charge in [-0.15, -0.1) is 0 Å². The van der Waals surface area contributed by atoms with Crippen LogP contribution < -0.4 is 10.1 Å². The maximum atomic E-state index is 13.0. The van der Waals surface area contributed by atoms with E-state index in [0.29, 0.717) is 18.7 Å². The Morgan fingerprint density at radius 2 is 1.80 bits per heavy atom. The van der Waals surface area contributed by atoms with Crippen LogP contribution in [0.25, 0.3) is 0 Å². The fourth-order valence-electron chi connectivity index (χ4n) is 2.54. The number of hydrogen-bond acceptors (Lipinski definition) is 3. The molecule has 0 aromatic heterocycles. The molecule has 25 heavy (non-hydrogen) atoms. The lowest BCUT2D eigenvalue weighted by Gasteiger charge is -2.26. The van der Waals surface area contributed by atoms with Crippen molar-refractivity contribution in [1.29, 1.82) is 0 Å². The molecule has 1 unspecified atom stereocenters. The molecule has 5 heteroatoms. The molecule has 0 saturated carbocycles. The molecule has 0 aliphatic heterocycles. The minimum absolute atomic E-state index is 0.0248. The first-order valence-electron chi connectivity index (χ1n) is 8.31. The van der Waals surface area contributed by atoms with Crippen LogP contribution in [0.15, 0.2) is 54.6 Å². The van der Waals surface area contributed by atoms with Crippen LogP contribution in [0, 0.1) is 5.82 Å². The van der Waals surface area contributed by atoms with Crippen LogP contribution in [0.5, 0.6) is 5.75 Å². The number of aliphatic hydroxyl groups is 1. The van der Waals surface area contributed by atoms with E-state index in [4.69, 9.17) is 4.74 Å². The largest absolute Gasteiger partial charge is 0.478 e. The van der Waals surface area contributed by atoms with E-state index in [0.717, 1.165) is 5.56 Å². The molecule has 0 aliphatic rings. The monoisotopic (exact) mass is 345 g/mol. The molecule has 134 valence electrons. The van der Waals surface area contributed by atoms with Crippen LogP contribution >= 0.6 is 0 Å². The van der Waals surface area contributed by atoms with Crippen molar-refractivity contribution < 1.29 is 19.0 Å². The Hall–Kier alpha value is -2.40.